The number of rotatable bonds is 3. The Kier molecular flexibility index (Phi) is 4.01. The SMILES string of the molecule is CC1(CNC(=O)C2CC(O)CN2)CCOCC1. The summed E-state index contributed by atoms with van der Waals surface area (Å²) in [4.78, 5) is 11.9. The van der Waals surface area contributed by atoms with Gasteiger partial charge in [0.25, 0.3) is 0 Å². The van der Waals surface area contributed by atoms with Gasteiger partial charge in [-0.1, -0.05) is 6.92 Å². The lowest BCUT2D eigenvalue weighted by Crippen LogP contribution is -2.45. The van der Waals surface area contributed by atoms with E-state index in [0.717, 1.165) is 26.1 Å². The van der Waals surface area contributed by atoms with Gasteiger partial charge >= 0.3 is 0 Å². The van der Waals surface area contributed by atoms with E-state index in [-0.39, 0.29) is 23.5 Å². The van der Waals surface area contributed by atoms with Crippen molar-refractivity contribution in [3.63, 3.8) is 0 Å². The minimum absolute atomic E-state index is 0.00858. The maximum Gasteiger partial charge on any atom is 0.237 e. The van der Waals surface area contributed by atoms with Gasteiger partial charge < -0.3 is 20.5 Å². The molecule has 0 aromatic rings. The molecule has 98 valence electrons. The van der Waals surface area contributed by atoms with Crippen molar-refractivity contribution < 1.29 is 14.6 Å². The first-order valence-electron chi connectivity index (χ1n) is 6.36. The molecule has 2 aliphatic heterocycles. The van der Waals surface area contributed by atoms with Crippen molar-refractivity contribution in [2.24, 2.45) is 5.41 Å². The van der Waals surface area contributed by atoms with E-state index >= 15 is 0 Å². The normalized spacial score (nSPS) is 32.4. The molecule has 0 aromatic carbocycles. The average Bonchev–Trinajstić information content (AvgIpc) is 2.74. The Bertz CT molecular complexity index is 277. The monoisotopic (exact) mass is 242 g/mol. The Morgan fingerprint density at radius 1 is 1.53 bits per heavy atom. The van der Waals surface area contributed by atoms with Crippen LogP contribution >= 0.6 is 0 Å². The highest BCUT2D eigenvalue weighted by molar-refractivity contribution is 5.82. The first kappa shape index (κ1) is 12.8. The lowest BCUT2D eigenvalue weighted by atomic mass is 9.82. The van der Waals surface area contributed by atoms with Crippen molar-refractivity contribution in [1.29, 1.82) is 0 Å². The third kappa shape index (κ3) is 3.40. The van der Waals surface area contributed by atoms with E-state index in [2.05, 4.69) is 17.6 Å². The number of hydrogen-bond donors (Lipinski definition) is 3. The summed E-state index contributed by atoms with van der Waals surface area (Å²) in [6.07, 6.45) is 2.12. The van der Waals surface area contributed by atoms with E-state index in [1.165, 1.54) is 0 Å². The highest BCUT2D eigenvalue weighted by Crippen LogP contribution is 2.28. The summed E-state index contributed by atoms with van der Waals surface area (Å²) in [5.41, 5.74) is 0.158. The second kappa shape index (κ2) is 5.33. The first-order chi connectivity index (χ1) is 8.09. The molecular formula is C12H22N2O3. The number of aliphatic hydroxyl groups is 1. The van der Waals surface area contributed by atoms with Crippen LogP contribution in [0.1, 0.15) is 26.2 Å². The smallest absolute Gasteiger partial charge is 0.237 e. The summed E-state index contributed by atoms with van der Waals surface area (Å²) in [5.74, 6) is 0.00858. The van der Waals surface area contributed by atoms with E-state index in [4.69, 9.17) is 4.74 Å². The lowest BCUT2D eigenvalue weighted by molar-refractivity contribution is -0.123. The van der Waals surface area contributed by atoms with Gasteiger partial charge in [0.05, 0.1) is 12.1 Å². The summed E-state index contributed by atoms with van der Waals surface area (Å²) >= 11 is 0. The molecule has 0 aromatic heterocycles. The summed E-state index contributed by atoms with van der Waals surface area (Å²) < 4.78 is 5.33. The number of carbonyl (C=O) groups is 1. The van der Waals surface area contributed by atoms with E-state index in [1.807, 2.05) is 0 Å². The van der Waals surface area contributed by atoms with Crippen molar-refractivity contribution in [2.75, 3.05) is 26.3 Å². The predicted molar refractivity (Wildman–Crippen MR) is 63.6 cm³/mol. The predicted octanol–water partition coefficient (Wildman–Crippen LogP) is -0.358. The van der Waals surface area contributed by atoms with E-state index in [1.54, 1.807) is 0 Å². The highest BCUT2D eigenvalue weighted by atomic mass is 16.5. The van der Waals surface area contributed by atoms with Crippen LogP contribution in [-0.2, 0) is 9.53 Å². The maximum atomic E-state index is 11.9. The molecule has 2 fully saturated rings. The maximum absolute atomic E-state index is 11.9. The molecule has 0 saturated carbocycles. The van der Waals surface area contributed by atoms with E-state index in [0.29, 0.717) is 19.5 Å². The number of ether oxygens (including phenoxy) is 1. The summed E-state index contributed by atoms with van der Waals surface area (Å²) in [7, 11) is 0. The van der Waals surface area contributed by atoms with Gasteiger partial charge in [0.1, 0.15) is 0 Å². The van der Waals surface area contributed by atoms with Crippen molar-refractivity contribution >= 4 is 5.91 Å². The molecule has 0 radical (unpaired) electrons. The van der Waals surface area contributed by atoms with Gasteiger partial charge in [0, 0.05) is 26.3 Å². The van der Waals surface area contributed by atoms with Crippen LogP contribution in [0.15, 0.2) is 0 Å². The molecule has 2 aliphatic rings. The van der Waals surface area contributed by atoms with Crippen LogP contribution in [0.3, 0.4) is 0 Å². The Hall–Kier alpha value is -0.650. The summed E-state index contributed by atoms with van der Waals surface area (Å²) in [5, 5.41) is 15.4. The molecule has 0 bridgehead atoms. The fourth-order valence-electron chi connectivity index (χ4n) is 2.38. The fraction of sp³-hybridized carbons (Fsp3) is 0.917. The zero-order chi connectivity index (χ0) is 12.3. The Morgan fingerprint density at radius 3 is 2.82 bits per heavy atom. The van der Waals surface area contributed by atoms with Gasteiger partial charge in [-0.05, 0) is 24.7 Å². The molecule has 3 N–H and O–H groups in total. The third-order valence-corrected chi connectivity index (χ3v) is 3.81. The molecule has 2 rings (SSSR count). The van der Waals surface area contributed by atoms with Gasteiger partial charge in [0.15, 0.2) is 0 Å². The van der Waals surface area contributed by atoms with Crippen molar-refractivity contribution in [3.05, 3.63) is 0 Å². The van der Waals surface area contributed by atoms with Crippen LogP contribution in [0.5, 0.6) is 0 Å². The Morgan fingerprint density at radius 2 is 2.24 bits per heavy atom. The van der Waals surface area contributed by atoms with Crippen LogP contribution in [0.4, 0.5) is 0 Å². The van der Waals surface area contributed by atoms with Gasteiger partial charge in [-0.3, -0.25) is 4.79 Å². The minimum Gasteiger partial charge on any atom is -0.392 e. The summed E-state index contributed by atoms with van der Waals surface area (Å²) in [6, 6.07) is -0.228. The number of aliphatic hydroxyl groups excluding tert-OH is 1. The summed E-state index contributed by atoms with van der Waals surface area (Å²) in [6.45, 7) is 4.97. The molecule has 1 amide bonds. The zero-order valence-corrected chi connectivity index (χ0v) is 10.4. The number of β-amino-alcohol motifs (C(OH)–C–C–N with tert-alkyl or cyclic N) is 1. The molecule has 2 unspecified atom stereocenters. The lowest BCUT2D eigenvalue weighted by Gasteiger charge is -2.33. The molecule has 2 saturated heterocycles. The minimum atomic E-state index is -0.385. The van der Waals surface area contributed by atoms with E-state index in [9.17, 15) is 9.90 Å². The van der Waals surface area contributed by atoms with Crippen molar-refractivity contribution in [3.8, 4) is 0 Å². The number of hydrogen-bond acceptors (Lipinski definition) is 4. The van der Waals surface area contributed by atoms with Crippen LogP contribution in [-0.4, -0.2) is 49.5 Å². The molecule has 0 aliphatic carbocycles. The highest BCUT2D eigenvalue weighted by Gasteiger charge is 2.31. The fourth-order valence-corrected chi connectivity index (χ4v) is 2.38. The quantitative estimate of drug-likeness (QED) is 0.632. The molecular weight excluding hydrogens is 220 g/mol. The van der Waals surface area contributed by atoms with Crippen molar-refractivity contribution in [1.82, 2.24) is 10.6 Å². The van der Waals surface area contributed by atoms with Crippen LogP contribution < -0.4 is 10.6 Å². The van der Waals surface area contributed by atoms with Gasteiger partial charge in [-0.15, -0.1) is 0 Å². The molecule has 0 spiro atoms. The average molecular weight is 242 g/mol. The largest absolute Gasteiger partial charge is 0.392 e. The molecule has 2 heterocycles. The second-order valence-corrected chi connectivity index (χ2v) is 5.49. The number of nitrogens with one attached hydrogen (secondary N) is 2. The standard InChI is InChI=1S/C12H22N2O3/c1-12(2-4-17-5-3-12)8-14-11(16)10-6-9(15)7-13-10/h9-10,13,15H,2-8H2,1H3,(H,14,16). The van der Waals surface area contributed by atoms with Gasteiger partial charge in [0.2, 0.25) is 5.91 Å². The van der Waals surface area contributed by atoms with Crippen LogP contribution in [0.25, 0.3) is 0 Å². The van der Waals surface area contributed by atoms with Gasteiger partial charge in [-0.2, -0.15) is 0 Å². The number of amides is 1. The van der Waals surface area contributed by atoms with E-state index < -0.39 is 0 Å². The number of carbonyl (C=O) groups excluding carboxylic acids is 1. The Balaban J connectivity index is 1.75. The van der Waals surface area contributed by atoms with Crippen LogP contribution in [0, 0.1) is 5.41 Å². The van der Waals surface area contributed by atoms with Crippen LogP contribution in [0.2, 0.25) is 0 Å². The second-order valence-electron chi connectivity index (χ2n) is 5.49. The Labute approximate surface area is 102 Å². The molecule has 5 nitrogen and oxygen atoms in total. The molecule has 2 atom stereocenters. The zero-order valence-electron chi connectivity index (χ0n) is 10.4. The topological polar surface area (TPSA) is 70.6 Å². The van der Waals surface area contributed by atoms with Gasteiger partial charge in [-0.25, -0.2) is 0 Å². The van der Waals surface area contributed by atoms with Crippen molar-refractivity contribution in [2.45, 2.75) is 38.3 Å². The first-order valence-corrected chi connectivity index (χ1v) is 6.36. The molecule has 17 heavy (non-hydrogen) atoms. The third-order valence-electron chi connectivity index (χ3n) is 3.81. The molecule has 5 heteroatoms.